The van der Waals surface area contributed by atoms with Crippen molar-refractivity contribution < 1.29 is 9.53 Å². The van der Waals surface area contributed by atoms with Crippen LogP contribution in [0.3, 0.4) is 0 Å². The monoisotopic (exact) mass is 282 g/mol. The zero-order valence-corrected chi connectivity index (χ0v) is 13.3. The van der Waals surface area contributed by atoms with Crippen molar-refractivity contribution >= 4 is 5.97 Å². The van der Waals surface area contributed by atoms with Gasteiger partial charge in [-0.2, -0.15) is 0 Å². The summed E-state index contributed by atoms with van der Waals surface area (Å²) in [5.74, 6) is -0.0725. The minimum atomic E-state index is -0.114. The predicted molar refractivity (Wildman–Crippen MR) is 80.7 cm³/mol. The van der Waals surface area contributed by atoms with Crippen LogP contribution in [-0.2, 0) is 9.53 Å². The predicted octanol–water partition coefficient (Wildman–Crippen LogP) is 2.18. The van der Waals surface area contributed by atoms with Gasteiger partial charge in [0.2, 0.25) is 0 Å². The first-order valence-electron chi connectivity index (χ1n) is 8.15. The first-order chi connectivity index (χ1) is 9.50. The number of ether oxygens (including phenoxy) is 1. The molecule has 1 aliphatic heterocycles. The first kappa shape index (κ1) is 15.8. The Kier molecular flexibility index (Phi) is 5.44. The van der Waals surface area contributed by atoms with E-state index in [1.807, 2.05) is 6.92 Å². The second-order valence-electron chi connectivity index (χ2n) is 7.04. The van der Waals surface area contributed by atoms with E-state index in [-0.39, 0.29) is 12.0 Å². The van der Waals surface area contributed by atoms with E-state index in [2.05, 4.69) is 24.1 Å². The third-order valence-corrected chi connectivity index (χ3v) is 4.53. The van der Waals surface area contributed by atoms with Crippen molar-refractivity contribution in [2.45, 2.75) is 65.0 Å². The lowest BCUT2D eigenvalue weighted by Crippen LogP contribution is -2.44. The van der Waals surface area contributed by atoms with Crippen molar-refractivity contribution in [3.63, 3.8) is 0 Å². The molecule has 20 heavy (non-hydrogen) atoms. The second kappa shape index (κ2) is 6.90. The lowest BCUT2D eigenvalue weighted by atomic mass is 9.82. The van der Waals surface area contributed by atoms with Gasteiger partial charge in [0, 0.05) is 12.6 Å². The van der Waals surface area contributed by atoms with Crippen LogP contribution in [0.1, 0.15) is 52.9 Å². The molecular formula is C16H30N2O2. The Morgan fingerprint density at radius 3 is 2.55 bits per heavy atom. The summed E-state index contributed by atoms with van der Waals surface area (Å²) < 4.78 is 5.19. The Morgan fingerprint density at radius 1 is 1.35 bits per heavy atom. The molecule has 2 aliphatic rings. The van der Waals surface area contributed by atoms with Crippen molar-refractivity contribution in [2.75, 3.05) is 26.2 Å². The van der Waals surface area contributed by atoms with E-state index in [0.29, 0.717) is 18.1 Å². The number of likely N-dealkylation sites (tertiary alicyclic amines) is 1. The third-order valence-electron chi connectivity index (χ3n) is 4.53. The Morgan fingerprint density at radius 2 is 2.00 bits per heavy atom. The largest absolute Gasteiger partial charge is 0.465 e. The van der Waals surface area contributed by atoms with Gasteiger partial charge in [0.05, 0.1) is 6.61 Å². The molecule has 0 bridgehead atoms. The van der Waals surface area contributed by atoms with E-state index in [4.69, 9.17) is 4.74 Å². The number of nitrogens with one attached hydrogen (secondary N) is 1. The second-order valence-corrected chi connectivity index (χ2v) is 7.04. The van der Waals surface area contributed by atoms with Gasteiger partial charge in [-0.25, -0.2) is 0 Å². The van der Waals surface area contributed by atoms with Crippen molar-refractivity contribution in [3.8, 4) is 0 Å². The summed E-state index contributed by atoms with van der Waals surface area (Å²) in [4.78, 5) is 14.5. The summed E-state index contributed by atoms with van der Waals surface area (Å²) in [6.07, 6.45) is 5.79. The van der Waals surface area contributed by atoms with E-state index in [0.717, 1.165) is 26.1 Å². The summed E-state index contributed by atoms with van der Waals surface area (Å²) in [6.45, 7) is 10.4. The van der Waals surface area contributed by atoms with Crippen LogP contribution in [0.15, 0.2) is 0 Å². The molecule has 2 fully saturated rings. The number of esters is 1. The maximum absolute atomic E-state index is 12.0. The van der Waals surface area contributed by atoms with E-state index in [9.17, 15) is 4.79 Å². The standard InChI is InChI=1S/C16H30N2O2/c1-4-20-15(19)14(17-13-5-6-13)7-10-18-11-8-16(2,3)9-12-18/h13-14,17H,4-12H2,1-3H3. The van der Waals surface area contributed by atoms with Crippen molar-refractivity contribution in [1.29, 1.82) is 0 Å². The number of hydrogen-bond acceptors (Lipinski definition) is 4. The normalized spacial score (nSPS) is 24.4. The van der Waals surface area contributed by atoms with E-state index in [1.54, 1.807) is 0 Å². The quantitative estimate of drug-likeness (QED) is 0.727. The molecule has 1 saturated carbocycles. The molecule has 4 heteroatoms. The fourth-order valence-electron chi connectivity index (χ4n) is 2.74. The highest BCUT2D eigenvalue weighted by molar-refractivity contribution is 5.75. The number of rotatable bonds is 7. The van der Waals surface area contributed by atoms with E-state index in [1.165, 1.54) is 25.7 Å². The maximum Gasteiger partial charge on any atom is 0.323 e. The number of piperidine rings is 1. The molecule has 0 aromatic rings. The van der Waals surface area contributed by atoms with Gasteiger partial charge in [-0.3, -0.25) is 4.79 Å². The van der Waals surface area contributed by atoms with Gasteiger partial charge >= 0.3 is 5.97 Å². The Bertz CT molecular complexity index is 316. The molecular weight excluding hydrogens is 252 g/mol. The maximum atomic E-state index is 12.0. The SMILES string of the molecule is CCOC(=O)C(CCN1CCC(C)(C)CC1)NC1CC1. The van der Waals surface area contributed by atoms with E-state index < -0.39 is 0 Å². The van der Waals surface area contributed by atoms with Crippen LogP contribution in [0, 0.1) is 5.41 Å². The molecule has 2 rings (SSSR count). The Hall–Kier alpha value is -0.610. The number of nitrogens with zero attached hydrogens (tertiary/aromatic N) is 1. The van der Waals surface area contributed by atoms with Gasteiger partial charge in [0.25, 0.3) is 0 Å². The van der Waals surface area contributed by atoms with Crippen molar-refractivity contribution in [1.82, 2.24) is 10.2 Å². The van der Waals surface area contributed by atoms with Gasteiger partial charge in [-0.15, -0.1) is 0 Å². The molecule has 1 heterocycles. The van der Waals surface area contributed by atoms with Gasteiger partial charge in [0.1, 0.15) is 6.04 Å². The molecule has 1 unspecified atom stereocenters. The van der Waals surface area contributed by atoms with Gasteiger partial charge in [-0.05, 0) is 57.5 Å². The Balaban J connectivity index is 1.74. The summed E-state index contributed by atoms with van der Waals surface area (Å²) in [7, 11) is 0. The van der Waals surface area contributed by atoms with Gasteiger partial charge in [-0.1, -0.05) is 13.8 Å². The van der Waals surface area contributed by atoms with Crippen LogP contribution >= 0.6 is 0 Å². The number of hydrogen-bond donors (Lipinski definition) is 1. The fraction of sp³-hybridized carbons (Fsp3) is 0.938. The highest BCUT2D eigenvalue weighted by Gasteiger charge is 2.30. The van der Waals surface area contributed by atoms with Crippen LogP contribution in [0.5, 0.6) is 0 Å². The zero-order chi connectivity index (χ0) is 14.6. The molecule has 1 aliphatic carbocycles. The zero-order valence-electron chi connectivity index (χ0n) is 13.3. The average molecular weight is 282 g/mol. The highest BCUT2D eigenvalue weighted by Crippen LogP contribution is 2.29. The lowest BCUT2D eigenvalue weighted by molar-refractivity contribution is -0.146. The van der Waals surface area contributed by atoms with Crippen LogP contribution in [-0.4, -0.2) is 49.2 Å². The summed E-state index contributed by atoms with van der Waals surface area (Å²) in [5.41, 5.74) is 0.489. The summed E-state index contributed by atoms with van der Waals surface area (Å²) in [6, 6.07) is 0.432. The fourth-order valence-corrected chi connectivity index (χ4v) is 2.74. The van der Waals surface area contributed by atoms with Crippen molar-refractivity contribution in [2.24, 2.45) is 5.41 Å². The number of carbonyl (C=O) groups excluding carboxylic acids is 1. The molecule has 0 aromatic carbocycles. The average Bonchev–Trinajstić information content (AvgIpc) is 3.20. The molecule has 1 atom stereocenters. The summed E-state index contributed by atoms with van der Waals surface area (Å²) in [5, 5.41) is 3.43. The number of carbonyl (C=O) groups is 1. The Labute approximate surface area is 123 Å². The molecule has 1 N–H and O–H groups in total. The molecule has 0 aromatic heterocycles. The van der Waals surface area contributed by atoms with Crippen LogP contribution in [0.25, 0.3) is 0 Å². The van der Waals surface area contributed by atoms with Crippen LogP contribution < -0.4 is 5.32 Å². The minimum absolute atomic E-state index is 0.0725. The topological polar surface area (TPSA) is 41.6 Å². The molecule has 0 radical (unpaired) electrons. The molecule has 0 spiro atoms. The third kappa shape index (κ3) is 5.06. The highest BCUT2D eigenvalue weighted by atomic mass is 16.5. The molecule has 4 nitrogen and oxygen atoms in total. The van der Waals surface area contributed by atoms with E-state index >= 15 is 0 Å². The molecule has 0 amide bonds. The molecule has 116 valence electrons. The minimum Gasteiger partial charge on any atom is -0.465 e. The summed E-state index contributed by atoms with van der Waals surface area (Å²) >= 11 is 0. The first-order valence-corrected chi connectivity index (χ1v) is 8.15. The lowest BCUT2D eigenvalue weighted by Gasteiger charge is -2.37. The van der Waals surface area contributed by atoms with Crippen LogP contribution in [0.4, 0.5) is 0 Å². The van der Waals surface area contributed by atoms with Crippen molar-refractivity contribution in [3.05, 3.63) is 0 Å². The van der Waals surface area contributed by atoms with Gasteiger partial charge in [0.15, 0.2) is 0 Å². The molecule has 1 saturated heterocycles. The van der Waals surface area contributed by atoms with Gasteiger partial charge < -0.3 is 15.0 Å². The smallest absolute Gasteiger partial charge is 0.323 e. The van der Waals surface area contributed by atoms with Crippen LogP contribution in [0.2, 0.25) is 0 Å².